The van der Waals surface area contributed by atoms with Gasteiger partial charge in [0.2, 0.25) is 0 Å². The van der Waals surface area contributed by atoms with Crippen molar-refractivity contribution in [3.05, 3.63) is 45.7 Å². The first kappa shape index (κ1) is 8.71. The van der Waals surface area contributed by atoms with Gasteiger partial charge in [-0.05, 0) is 12.1 Å². The van der Waals surface area contributed by atoms with Crippen LogP contribution in [0.15, 0.2) is 29.1 Å². The molecule has 0 unspecified atom stereocenters. The van der Waals surface area contributed by atoms with Gasteiger partial charge in [-0.15, -0.1) is 0 Å². The average Bonchev–Trinajstić information content (AvgIpc) is 2.23. The normalized spacial score (nSPS) is 10.6. The van der Waals surface area contributed by atoms with E-state index < -0.39 is 12.2 Å². The first-order valence-corrected chi connectivity index (χ1v) is 4.03. The Hall–Kier alpha value is -1.88. The Bertz CT molecular complexity index is 533. The van der Waals surface area contributed by atoms with Crippen LogP contribution in [-0.4, -0.2) is 14.8 Å². The van der Waals surface area contributed by atoms with Crippen LogP contribution < -0.4 is 5.56 Å². The number of hydrogen-bond donors (Lipinski definition) is 1. The van der Waals surface area contributed by atoms with Crippen LogP contribution in [0.1, 0.15) is 5.82 Å². The van der Waals surface area contributed by atoms with Crippen LogP contribution in [0.25, 0.3) is 10.9 Å². The maximum absolute atomic E-state index is 11.4. The van der Waals surface area contributed by atoms with Crippen molar-refractivity contribution in [2.45, 2.75) is 6.61 Å². The van der Waals surface area contributed by atoms with Gasteiger partial charge in [0.05, 0.1) is 10.9 Å². The van der Waals surface area contributed by atoms with Crippen molar-refractivity contribution >= 4 is 10.9 Å². The molecule has 0 aliphatic heterocycles. The fourth-order valence-corrected chi connectivity index (χ4v) is 1.26. The molecule has 0 spiro atoms. The van der Waals surface area contributed by atoms with Crippen LogP contribution in [-0.2, 0) is 6.61 Å². The van der Waals surface area contributed by atoms with E-state index in [0.717, 1.165) is 0 Å². The summed E-state index contributed by atoms with van der Waals surface area (Å²) in [5, 5.41) is 20.2. The van der Waals surface area contributed by atoms with Gasteiger partial charge in [-0.3, -0.25) is 4.79 Å². The second kappa shape index (κ2) is 3.12. The molecule has 2 aromatic rings. The SMILES string of the molecule is O=c1c2ccccc2nc(CO)n1[O-]. The third kappa shape index (κ3) is 1.14. The number of para-hydroxylation sites is 1. The Labute approximate surface area is 78.8 Å². The monoisotopic (exact) mass is 191 g/mol. The van der Waals surface area contributed by atoms with Gasteiger partial charge in [-0.2, -0.15) is 0 Å². The first-order valence-electron chi connectivity index (χ1n) is 4.03. The van der Waals surface area contributed by atoms with Gasteiger partial charge >= 0.3 is 0 Å². The number of rotatable bonds is 1. The highest BCUT2D eigenvalue weighted by atomic mass is 16.5. The standard InChI is InChI=1S/C9H7N2O3/c12-5-8-10-7-4-2-1-3-6(7)9(13)11(8)14/h1-4,12H,5H2/q-1. The third-order valence-corrected chi connectivity index (χ3v) is 1.94. The quantitative estimate of drug-likeness (QED) is 0.700. The lowest BCUT2D eigenvalue weighted by Crippen LogP contribution is -2.21. The molecular formula is C9H7N2O3-. The number of aromatic nitrogens is 2. The van der Waals surface area contributed by atoms with Crippen LogP contribution in [0.4, 0.5) is 0 Å². The molecule has 0 radical (unpaired) electrons. The predicted molar refractivity (Wildman–Crippen MR) is 50.7 cm³/mol. The van der Waals surface area contributed by atoms with Crippen molar-refractivity contribution in [3.63, 3.8) is 0 Å². The smallest absolute Gasteiger partial charge is 0.256 e. The predicted octanol–water partition coefficient (Wildman–Crippen LogP) is 0.235. The molecule has 1 aromatic carbocycles. The van der Waals surface area contributed by atoms with E-state index in [9.17, 15) is 10.0 Å². The van der Waals surface area contributed by atoms with Crippen molar-refractivity contribution in [2.75, 3.05) is 0 Å². The number of nitrogens with zero attached hydrogens (tertiary/aromatic N) is 2. The van der Waals surface area contributed by atoms with Crippen molar-refractivity contribution in [2.24, 2.45) is 0 Å². The van der Waals surface area contributed by atoms with Crippen LogP contribution in [0, 0.1) is 5.21 Å². The number of hydrogen-bond acceptors (Lipinski definition) is 4. The molecule has 0 saturated carbocycles. The highest BCUT2D eigenvalue weighted by Gasteiger charge is 2.03. The second-order valence-corrected chi connectivity index (χ2v) is 2.80. The van der Waals surface area contributed by atoms with E-state index in [2.05, 4.69) is 4.98 Å². The molecule has 5 heteroatoms. The van der Waals surface area contributed by atoms with E-state index in [1.807, 2.05) is 0 Å². The van der Waals surface area contributed by atoms with Gasteiger partial charge in [0.25, 0.3) is 5.56 Å². The highest BCUT2D eigenvalue weighted by molar-refractivity contribution is 5.77. The Morgan fingerprint density at radius 3 is 2.86 bits per heavy atom. The summed E-state index contributed by atoms with van der Waals surface area (Å²) in [6.07, 6.45) is 0. The van der Waals surface area contributed by atoms with Gasteiger partial charge in [-0.1, -0.05) is 12.1 Å². The van der Waals surface area contributed by atoms with E-state index >= 15 is 0 Å². The zero-order chi connectivity index (χ0) is 10.1. The largest absolute Gasteiger partial charge is 0.802 e. The highest BCUT2D eigenvalue weighted by Crippen LogP contribution is 2.06. The van der Waals surface area contributed by atoms with Gasteiger partial charge in [0.1, 0.15) is 12.4 Å². The van der Waals surface area contributed by atoms with E-state index in [1.54, 1.807) is 18.2 Å². The van der Waals surface area contributed by atoms with Gasteiger partial charge in [-0.25, -0.2) is 4.98 Å². The zero-order valence-corrected chi connectivity index (χ0v) is 7.17. The molecule has 1 N–H and O–H groups in total. The molecule has 0 fully saturated rings. The molecule has 5 nitrogen and oxygen atoms in total. The lowest BCUT2D eigenvalue weighted by atomic mass is 10.2. The Morgan fingerprint density at radius 1 is 1.43 bits per heavy atom. The third-order valence-electron chi connectivity index (χ3n) is 1.94. The lowest BCUT2D eigenvalue weighted by molar-refractivity contribution is 0.268. The van der Waals surface area contributed by atoms with Crippen molar-refractivity contribution in [1.29, 1.82) is 0 Å². The minimum atomic E-state index is -0.681. The van der Waals surface area contributed by atoms with Crippen molar-refractivity contribution < 1.29 is 5.11 Å². The summed E-state index contributed by atoms with van der Waals surface area (Å²) in [7, 11) is 0. The van der Waals surface area contributed by atoms with Gasteiger partial charge in [0.15, 0.2) is 0 Å². The summed E-state index contributed by atoms with van der Waals surface area (Å²) in [5.74, 6) is -0.172. The lowest BCUT2D eigenvalue weighted by Gasteiger charge is -2.14. The van der Waals surface area contributed by atoms with E-state index in [-0.39, 0.29) is 15.9 Å². The topological polar surface area (TPSA) is 78.2 Å². The summed E-state index contributed by atoms with van der Waals surface area (Å²) in [5.41, 5.74) is -0.256. The average molecular weight is 191 g/mol. The number of benzene rings is 1. The molecule has 14 heavy (non-hydrogen) atoms. The minimum Gasteiger partial charge on any atom is -0.802 e. The maximum Gasteiger partial charge on any atom is 0.256 e. The Morgan fingerprint density at radius 2 is 2.14 bits per heavy atom. The van der Waals surface area contributed by atoms with Crippen molar-refractivity contribution in [3.8, 4) is 0 Å². The summed E-state index contributed by atoms with van der Waals surface area (Å²) < 4.78 is 0.113. The fraction of sp³-hybridized carbons (Fsp3) is 0.111. The fourth-order valence-electron chi connectivity index (χ4n) is 1.26. The molecule has 2 rings (SSSR count). The molecular weight excluding hydrogens is 184 g/mol. The molecule has 1 heterocycles. The molecule has 0 aliphatic rings. The molecule has 0 aliphatic carbocycles. The van der Waals surface area contributed by atoms with Crippen molar-refractivity contribution in [1.82, 2.24) is 9.71 Å². The van der Waals surface area contributed by atoms with Crippen LogP contribution in [0.3, 0.4) is 0 Å². The molecule has 72 valence electrons. The molecule has 0 amide bonds. The number of aliphatic hydroxyl groups is 1. The second-order valence-electron chi connectivity index (χ2n) is 2.80. The zero-order valence-electron chi connectivity index (χ0n) is 7.17. The number of fused-ring (bicyclic) bond motifs is 1. The maximum atomic E-state index is 11.4. The van der Waals surface area contributed by atoms with Crippen LogP contribution >= 0.6 is 0 Å². The van der Waals surface area contributed by atoms with E-state index in [4.69, 9.17) is 5.11 Å². The Kier molecular flexibility index (Phi) is 1.94. The molecule has 0 saturated heterocycles. The van der Waals surface area contributed by atoms with Gasteiger partial charge < -0.3 is 15.0 Å². The first-order chi connectivity index (χ1) is 6.74. The molecule has 0 atom stereocenters. The Balaban J connectivity index is 2.92. The van der Waals surface area contributed by atoms with Crippen LogP contribution in [0.5, 0.6) is 0 Å². The molecule has 1 aromatic heterocycles. The number of aliphatic hydroxyl groups excluding tert-OH is 1. The van der Waals surface area contributed by atoms with Gasteiger partial charge in [0, 0.05) is 0 Å². The summed E-state index contributed by atoms with van der Waals surface area (Å²) in [4.78, 5) is 15.3. The summed E-state index contributed by atoms with van der Waals surface area (Å²) >= 11 is 0. The minimum absolute atomic E-state index is 0.113. The van der Waals surface area contributed by atoms with Crippen LogP contribution in [0.2, 0.25) is 0 Å². The summed E-state index contributed by atoms with van der Waals surface area (Å²) in [6, 6.07) is 6.52. The van der Waals surface area contributed by atoms with E-state index in [0.29, 0.717) is 5.52 Å². The molecule has 0 bridgehead atoms. The summed E-state index contributed by atoms with van der Waals surface area (Å²) in [6.45, 7) is -0.538. The van der Waals surface area contributed by atoms with E-state index in [1.165, 1.54) is 6.07 Å².